The van der Waals surface area contributed by atoms with E-state index in [1.54, 1.807) is 10.9 Å². The standard InChI is InChI=1S/C14H22N4O3/c1-11-9-16-18(10-11)7-6-15-13(21)17-14(8-12(19)20)4-2-3-5-14/h9-10H,2-8H2,1H3,(H,19,20)(H2,15,17,21). The third-order valence-corrected chi connectivity index (χ3v) is 3.82. The van der Waals surface area contributed by atoms with Crippen LogP contribution in [0, 0.1) is 6.92 Å². The Morgan fingerprint density at radius 3 is 2.71 bits per heavy atom. The van der Waals surface area contributed by atoms with E-state index in [2.05, 4.69) is 15.7 Å². The van der Waals surface area contributed by atoms with Crippen LogP contribution in [0.25, 0.3) is 0 Å². The normalized spacial score (nSPS) is 16.6. The van der Waals surface area contributed by atoms with E-state index in [1.807, 2.05) is 13.1 Å². The van der Waals surface area contributed by atoms with Crippen LogP contribution in [-0.4, -0.2) is 39.0 Å². The number of carboxylic acids is 1. The highest BCUT2D eigenvalue weighted by Crippen LogP contribution is 2.32. The van der Waals surface area contributed by atoms with E-state index in [0.29, 0.717) is 13.1 Å². The molecular weight excluding hydrogens is 272 g/mol. The molecule has 0 saturated heterocycles. The van der Waals surface area contributed by atoms with E-state index in [1.165, 1.54) is 0 Å². The average Bonchev–Trinajstić information content (AvgIpc) is 2.98. The maximum absolute atomic E-state index is 11.9. The molecule has 21 heavy (non-hydrogen) atoms. The number of aliphatic carboxylic acids is 1. The van der Waals surface area contributed by atoms with Crippen molar-refractivity contribution in [2.75, 3.05) is 6.54 Å². The first-order valence-corrected chi connectivity index (χ1v) is 7.26. The second-order valence-corrected chi connectivity index (χ2v) is 5.72. The summed E-state index contributed by atoms with van der Waals surface area (Å²) in [6.07, 6.45) is 7.03. The monoisotopic (exact) mass is 294 g/mol. The van der Waals surface area contributed by atoms with Crippen LogP contribution >= 0.6 is 0 Å². The summed E-state index contributed by atoms with van der Waals surface area (Å²) in [5, 5.41) is 18.7. The fraction of sp³-hybridized carbons (Fsp3) is 0.643. The topological polar surface area (TPSA) is 96.3 Å². The van der Waals surface area contributed by atoms with Crippen molar-refractivity contribution in [2.45, 2.75) is 51.1 Å². The first-order valence-electron chi connectivity index (χ1n) is 7.26. The summed E-state index contributed by atoms with van der Waals surface area (Å²) in [7, 11) is 0. The smallest absolute Gasteiger partial charge is 0.315 e. The Morgan fingerprint density at radius 2 is 2.14 bits per heavy atom. The third kappa shape index (κ3) is 4.47. The summed E-state index contributed by atoms with van der Waals surface area (Å²) < 4.78 is 1.76. The fourth-order valence-electron chi connectivity index (χ4n) is 2.85. The molecule has 7 nitrogen and oxygen atoms in total. The molecule has 116 valence electrons. The van der Waals surface area contributed by atoms with Crippen LogP contribution in [0.5, 0.6) is 0 Å². The van der Waals surface area contributed by atoms with E-state index in [-0.39, 0.29) is 12.5 Å². The van der Waals surface area contributed by atoms with Gasteiger partial charge in [-0.05, 0) is 25.3 Å². The Kier molecular flexibility index (Phi) is 4.82. The fourth-order valence-corrected chi connectivity index (χ4v) is 2.85. The maximum Gasteiger partial charge on any atom is 0.315 e. The largest absolute Gasteiger partial charge is 0.481 e. The van der Waals surface area contributed by atoms with Gasteiger partial charge in [0.05, 0.1) is 24.7 Å². The molecule has 7 heteroatoms. The zero-order valence-electron chi connectivity index (χ0n) is 12.3. The van der Waals surface area contributed by atoms with Crippen LogP contribution in [-0.2, 0) is 11.3 Å². The van der Waals surface area contributed by atoms with Crippen molar-refractivity contribution in [2.24, 2.45) is 0 Å². The van der Waals surface area contributed by atoms with Gasteiger partial charge >= 0.3 is 12.0 Å². The van der Waals surface area contributed by atoms with Crippen molar-refractivity contribution in [3.63, 3.8) is 0 Å². The molecule has 1 aromatic rings. The molecule has 1 heterocycles. The first-order chi connectivity index (χ1) is 9.99. The molecule has 0 bridgehead atoms. The highest BCUT2D eigenvalue weighted by atomic mass is 16.4. The van der Waals surface area contributed by atoms with Crippen LogP contribution in [0.15, 0.2) is 12.4 Å². The molecule has 2 amide bonds. The number of hydrogen-bond donors (Lipinski definition) is 3. The minimum Gasteiger partial charge on any atom is -0.481 e. The Morgan fingerprint density at radius 1 is 1.43 bits per heavy atom. The number of carbonyl (C=O) groups is 2. The number of aryl methyl sites for hydroxylation is 1. The van der Waals surface area contributed by atoms with Gasteiger partial charge in [0.25, 0.3) is 0 Å². The second-order valence-electron chi connectivity index (χ2n) is 5.72. The van der Waals surface area contributed by atoms with Crippen LogP contribution in [0.4, 0.5) is 4.79 Å². The summed E-state index contributed by atoms with van der Waals surface area (Å²) in [5.74, 6) is -0.871. The lowest BCUT2D eigenvalue weighted by atomic mass is 9.93. The molecule has 0 aromatic carbocycles. The molecule has 0 atom stereocenters. The number of amides is 2. The minimum absolute atomic E-state index is 0.0151. The first kappa shape index (κ1) is 15.3. The number of aromatic nitrogens is 2. The minimum atomic E-state index is -0.871. The summed E-state index contributed by atoms with van der Waals surface area (Å²) in [6.45, 7) is 3.00. The average molecular weight is 294 g/mol. The van der Waals surface area contributed by atoms with Crippen LogP contribution in [0.2, 0.25) is 0 Å². The quantitative estimate of drug-likeness (QED) is 0.736. The summed E-state index contributed by atoms with van der Waals surface area (Å²) in [5.41, 5.74) is 0.490. The molecule has 1 aliphatic rings. The molecule has 1 fully saturated rings. The van der Waals surface area contributed by atoms with Crippen molar-refractivity contribution >= 4 is 12.0 Å². The molecule has 2 rings (SSSR count). The lowest BCUT2D eigenvalue weighted by molar-refractivity contribution is -0.138. The van der Waals surface area contributed by atoms with E-state index in [0.717, 1.165) is 31.2 Å². The highest BCUT2D eigenvalue weighted by molar-refractivity contribution is 5.76. The van der Waals surface area contributed by atoms with Gasteiger partial charge in [-0.15, -0.1) is 0 Å². The van der Waals surface area contributed by atoms with Gasteiger partial charge < -0.3 is 15.7 Å². The lowest BCUT2D eigenvalue weighted by Gasteiger charge is -2.28. The van der Waals surface area contributed by atoms with Gasteiger partial charge in [-0.2, -0.15) is 5.10 Å². The van der Waals surface area contributed by atoms with Gasteiger partial charge in [0.15, 0.2) is 0 Å². The second kappa shape index (κ2) is 6.60. The maximum atomic E-state index is 11.9. The zero-order chi connectivity index (χ0) is 15.3. The van der Waals surface area contributed by atoms with Crippen molar-refractivity contribution in [1.29, 1.82) is 0 Å². The molecule has 3 N–H and O–H groups in total. The van der Waals surface area contributed by atoms with Crippen LogP contribution in [0.1, 0.15) is 37.7 Å². The van der Waals surface area contributed by atoms with Gasteiger partial charge in [0.1, 0.15) is 0 Å². The Balaban J connectivity index is 1.78. The van der Waals surface area contributed by atoms with E-state index in [4.69, 9.17) is 5.11 Å². The summed E-state index contributed by atoms with van der Waals surface area (Å²) in [6, 6.07) is -0.304. The molecule has 1 saturated carbocycles. The summed E-state index contributed by atoms with van der Waals surface area (Å²) in [4.78, 5) is 22.9. The van der Waals surface area contributed by atoms with E-state index < -0.39 is 11.5 Å². The van der Waals surface area contributed by atoms with Crippen LogP contribution in [0.3, 0.4) is 0 Å². The van der Waals surface area contributed by atoms with Crippen LogP contribution < -0.4 is 10.6 Å². The van der Waals surface area contributed by atoms with Gasteiger partial charge in [-0.25, -0.2) is 4.79 Å². The molecular formula is C14H22N4O3. The number of carboxylic acid groups (broad SMARTS) is 1. The molecule has 1 aromatic heterocycles. The van der Waals surface area contributed by atoms with Crippen molar-refractivity contribution < 1.29 is 14.7 Å². The number of carbonyl (C=O) groups excluding carboxylic acids is 1. The molecule has 0 aliphatic heterocycles. The number of urea groups is 1. The van der Waals surface area contributed by atoms with Crippen molar-refractivity contribution in [3.05, 3.63) is 18.0 Å². The number of hydrogen-bond acceptors (Lipinski definition) is 3. The van der Waals surface area contributed by atoms with E-state index in [9.17, 15) is 9.59 Å². The van der Waals surface area contributed by atoms with Gasteiger partial charge in [-0.1, -0.05) is 12.8 Å². The van der Waals surface area contributed by atoms with Gasteiger partial charge in [0, 0.05) is 12.7 Å². The number of rotatable bonds is 6. The van der Waals surface area contributed by atoms with Crippen molar-refractivity contribution in [1.82, 2.24) is 20.4 Å². The molecule has 0 unspecified atom stereocenters. The highest BCUT2D eigenvalue weighted by Gasteiger charge is 2.37. The summed E-state index contributed by atoms with van der Waals surface area (Å²) >= 11 is 0. The molecule has 0 spiro atoms. The molecule has 1 aliphatic carbocycles. The van der Waals surface area contributed by atoms with Crippen molar-refractivity contribution in [3.8, 4) is 0 Å². The van der Waals surface area contributed by atoms with Gasteiger partial charge in [-0.3, -0.25) is 9.48 Å². The Hall–Kier alpha value is -2.05. The van der Waals surface area contributed by atoms with Gasteiger partial charge in [0.2, 0.25) is 0 Å². The predicted molar refractivity (Wildman–Crippen MR) is 77.0 cm³/mol. The number of nitrogens with zero attached hydrogens (tertiary/aromatic N) is 2. The molecule has 0 radical (unpaired) electrons. The SMILES string of the molecule is Cc1cnn(CCNC(=O)NC2(CC(=O)O)CCCC2)c1. The zero-order valence-corrected chi connectivity index (χ0v) is 12.3. The lowest BCUT2D eigenvalue weighted by Crippen LogP contribution is -2.52. The Labute approximate surface area is 123 Å². The number of nitrogens with one attached hydrogen (secondary N) is 2. The Bertz CT molecular complexity index is 506. The third-order valence-electron chi connectivity index (χ3n) is 3.82. The predicted octanol–water partition coefficient (Wildman–Crippen LogP) is 1.28. The van der Waals surface area contributed by atoms with E-state index >= 15 is 0 Å².